The molecule has 0 aliphatic rings. The van der Waals surface area contributed by atoms with Crippen molar-refractivity contribution in [2.24, 2.45) is 39.9 Å². The molecule has 1 rings (SSSR count). The fourth-order valence-electron chi connectivity index (χ4n) is 6.63. The summed E-state index contributed by atoms with van der Waals surface area (Å²) in [7, 11) is 0. The lowest BCUT2D eigenvalue weighted by Gasteiger charge is -2.29. The first-order valence-corrected chi connectivity index (χ1v) is 22.4. The van der Waals surface area contributed by atoms with Gasteiger partial charge < -0.3 is 79.8 Å². The summed E-state index contributed by atoms with van der Waals surface area (Å²) in [6, 6.07) is -11.5. The molecule has 0 aliphatic heterocycles. The summed E-state index contributed by atoms with van der Waals surface area (Å²) in [4.78, 5) is 129. The van der Waals surface area contributed by atoms with Gasteiger partial charge in [-0.25, -0.2) is 9.78 Å². The second-order valence-corrected chi connectivity index (χ2v) is 17.8. The summed E-state index contributed by atoms with van der Waals surface area (Å²) < 4.78 is 0. The Bertz CT molecular complexity index is 1860. The predicted octanol–water partition coefficient (Wildman–Crippen LogP) is -3.81. The number of hydrogen-bond donors (Lipinski definition) is 15. The van der Waals surface area contributed by atoms with Gasteiger partial charge in [-0.2, -0.15) is 0 Å². The molecule has 9 atom stereocenters. The lowest BCUT2D eigenvalue weighted by molar-refractivity contribution is -0.143. The number of carboxylic acid groups (broad SMARTS) is 2. The highest BCUT2D eigenvalue weighted by Crippen LogP contribution is 2.12. The van der Waals surface area contributed by atoms with Gasteiger partial charge in [0.1, 0.15) is 42.3 Å². The maximum absolute atomic E-state index is 14.1. The highest BCUT2D eigenvalue weighted by atomic mass is 16.4. The van der Waals surface area contributed by atoms with Gasteiger partial charge in [0.05, 0.1) is 25.1 Å². The molecule has 1 aromatic rings. The molecular weight excluding hydrogens is 895 g/mol. The van der Waals surface area contributed by atoms with Crippen molar-refractivity contribution >= 4 is 59.2 Å². The third kappa shape index (κ3) is 22.9. The van der Waals surface area contributed by atoms with Crippen molar-refractivity contribution in [2.75, 3.05) is 13.2 Å². The monoisotopic (exact) mass is 968 g/mol. The highest BCUT2D eigenvalue weighted by molar-refractivity contribution is 5.98. The number of amides is 7. The zero-order valence-corrected chi connectivity index (χ0v) is 39.7. The number of aromatic amines is 1. The number of aliphatic hydroxyl groups is 2. The minimum Gasteiger partial charge on any atom is -0.481 e. The molecule has 0 spiro atoms. The topological polar surface area (TPSA) is 438 Å². The van der Waals surface area contributed by atoms with Crippen molar-refractivity contribution in [1.29, 1.82) is 0 Å². The van der Waals surface area contributed by atoms with E-state index in [4.69, 9.17) is 17.2 Å². The number of nitrogens with two attached hydrogens (primary N) is 3. The van der Waals surface area contributed by atoms with Crippen molar-refractivity contribution in [3.63, 3.8) is 0 Å². The van der Waals surface area contributed by atoms with E-state index in [9.17, 15) is 63.6 Å². The number of carboxylic acids is 2. The quantitative estimate of drug-likeness (QED) is 0.0187. The third-order valence-electron chi connectivity index (χ3n) is 10.1. The summed E-state index contributed by atoms with van der Waals surface area (Å²) in [6.07, 6.45) is 0.208. The molecule has 0 radical (unpaired) electrons. The number of hydrogen-bond acceptors (Lipinski definition) is 14. The van der Waals surface area contributed by atoms with Crippen LogP contribution in [-0.4, -0.2) is 157 Å². The number of aromatic nitrogens is 2. The van der Waals surface area contributed by atoms with E-state index < -0.39 is 127 Å². The summed E-state index contributed by atoms with van der Waals surface area (Å²) in [6.45, 7) is 11.0. The van der Waals surface area contributed by atoms with Crippen LogP contribution in [0, 0.1) is 17.8 Å². The van der Waals surface area contributed by atoms with Crippen LogP contribution in [0.2, 0.25) is 0 Å². The standard InChI is InChI=1S/C42H73N13O13/c1-20(2)13-25(43)34(60)55-33(23(7)57)40(66)49-26(10-11-32(58)59)35(61)51-28(14-21(3)4)36(62)52-29(15-22(5)6)37(63)53-30(16-24-17-46-19-48-24)38(64)54-31(18-56)39(65)50-27(41(67)68)9-8-12-47-42(44)45/h17,19-23,25-31,33,56-57H,8-16,18,43H2,1-7H3,(H,46,48)(H,49,66)(H,50,65)(H,51,61)(H,52,62)(H,53,63)(H,54,64)(H,55,60)(H,58,59)(H,67,68)(H4,44,45,47)/t23-,25+,26+,27+,28+,29+,30+,31+,33+/m1/s1. The maximum atomic E-state index is 14.1. The Morgan fingerprint density at radius 3 is 1.56 bits per heavy atom. The van der Waals surface area contributed by atoms with E-state index in [0.29, 0.717) is 5.69 Å². The van der Waals surface area contributed by atoms with E-state index in [1.165, 1.54) is 19.4 Å². The third-order valence-corrected chi connectivity index (χ3v) is 10.1. The molecular formula is C42H73N13O13. The Morgan fingerprint density at radius 1 is 0.632 bits per heavy atom. The largest absolute Gasteiger partial charge is 0.481 e. The first-order valence-electron chi connectivity index (χ1n) is 22.4. The lowest BCUT2D eigenvalue weighted by atomic mass is 9.99. The fourth-order valence-corrected chi connectivity index (χ4v) is 6.63. The summed E-state index contributed by atoms with van der Waals surface area (Å²) in [5.41, 5.74) is 16.9. The number of nitrogens with zero attached hydrogens (tertiary/aromatic N) is 2. The molecule has 1 heterocycles. The van der Waals surface area contributed by atoms with Crippen molar-refractivity contribution in [1.82, 2.24) is 47.2 Å². The number of carbonyl (C=O) groups is 9. The van der Waals surface area contributed by atoms with E-state index in [-0.39, 0.29) is 68.8 Å². The minimum atomic E-state index is -1.68. The number of H-pyrrole nitrogens is 1. The minimum absolute atomic E-state index is 0.00428. The molecule has 0 unspecified atom stereocenters. The van der Waals surface area contributed by atoms with Gasteiger partial charge in [0, 0.05) is 31.3 Å². The van der Waals surface area contributed by atoms with Crippen LogP contribution >= 0.6 is 0 Å². The van der Waals surface area contributed by atoms with Crippen LogP contribution in [0.15, 0.2) is 17.5 Å². The molecule has 18 N–H and O–H groups in total. The van der Waals surface area contributed by atoms with Gasteiger partial charge in [0.15, 0.2) is 5.96 Å². The molecule has 0 saturated heterocycles. The van der Waals surface area contributed by atoms with Crippen molar-refractivity contribution in [3.05, 3.63) is 18.2 Å². The number of aliphatic imine (C=N–C) groups is 1. The number of aliphatic carboxylic acids is 2. The van der Waals surface area contributed by atoms with Gasteiger partial charge >= 0.3 is 11.9 Å². The summed E-state index contributed by atoms with van der Waals surface area (Å²) >= 11 is 0. The Labute approximate surface area is 394 Å². The number of rotatable bonds is 32. The van der Waals surface area contributed by atoms with Crippen LogP contribution in [0.25, 0.3) is 0 Å². The van der Waals surface area contributed by atoms with Gasteiger partial charge in [-0.1, -0.05) is 41.5 Å². The molecule has 0 bridgehead atoms. The van der Waals surface area contributed by atoms with Gasteiger partial charge in [0.2, 0.25) is 41.4 Å². The van der Waals surface area contributed by atoms with Crippen LogP contribution in [0.5, 0.6) is 0 Å². The van der Waals surface area contributed by atoms with Crippen LogP contribution in [0.1, 0.15) is 99.1 Å². The Morgan fingerprint density at radius 2 is 1.10 bits per heavy atom. The number of guanidine groups is 1. The molecule has 68 heavy (non-hydrogen) atoms. The van der Waals surface area contributed by atoms with E-state index in [1.807, 2.05) is 13.8 Å². The molecule has 7 amide bonds. The molecule has 0 saturated carbocycles. The van der Waals surface area contributed by atoms with Crippen LogP contribution < -0.4 is 54.4 Å². The Balaban J connectivity index is 3.40. The van der Waals surface area contributed by atoms with Gasteiger partial charge in [0.25, 0.3) is 0 Å². The average molecular weight is 968 g/mol. The smallest absolute Gasteiger partial charge is 0.326 e. The first-order chi connectivity index (χ1) is 31.7. The van der Waals surface area contributed by atoms with Crippen molar-refractivity contribution in [2.45, 2.75) is 154 Å². The number of imidazole rings is 1. The Kier molecular flexibility index (Phi) is 26.4. The van der Waals surface area contributed by atoms with Crippen LogP contribution in [-0.2, 0) is 49.6 Å². The normalized spacial score (nSPS) is 15.2. The first kappa shape index (κ1) is 59.6. The van der Waals surface area contributed by atoms with Gasteiger partial charge in [-0.3, -0.25) is 43.3 Å². The number of nitrogens with one attached hydrogen (secondary N) is 8. The molecule has 0 fully saturated rings. The van der Waals surface area contributed by atoms with Gasteiger partial charge in [-0.05, 0) is 63.2 Å². The van der Waals surface area contributed by atoms with E-state index in [2.05, 4.69) is 52.2 Å². The SMILES string of the molecule is CC(C)C[C@H](NC(=O)[C@H](CC(C)C)NC(=O)[C@H](CCC(=O)O)NC(=O)[C@@H](NC(=O)[C@@H](N)CC(C)C)[C@@H](C)O)C(=O)N[C@@H](Cc1cnc[nH]1)C(=O)N[C@@H](CO)C(=O)N[C@@H](CCCN=C(N)N)C(=O)O. The van der Waals surface area contributed by atoms with Crippen molar-refractivity contribution in [3.8, 4) is 0 Å². The molecule has 26 heteroatoms. The second-order valence-electron chi connectivity index (χ2n) is 17.8. The second kappa shape index (κ2) is 30.1. The zero-order valence-electron chi connectivity index (χ0n) is 39.7. The summed E-state index contributed by atoms with van der Waals surface area (Å²) in [5, 5.41) is 56.7. The fraction of sp³-hybridized carbons (Fsp3) is 0.690. The number of aliphatic hydroxyl groups excluding tert-OH is 2. The van der Waals surface area contributed by atoms with Crippen LogP contribution in [0.4, 0.5) is 0 Å². The maximum Gasteiger partial charge on any atom is 0.326 e. The van der Waals surface area contributed by atoms with Crippen LogP contribution in [0.3, 0.4) is 0 Å². The highest BCUT2D eigenvalue weighted by Gasteiger charge is 2.36. The molecule has 0 aliphatic carbocycles. The van der Waals surface area contributed by atoms with Gasteiger partial charge in [-0.15, -0.1) is 0 Å². The Hall–Kier alpha value is -6.41. The predicted molar refractivity (Wildman–Crippen MR) is 245 cm³/mol. The molecule has 26 nitrogen and oxygen atoms in total. The zero-order chi connectivity index (χ0) is 51.8. The summed E-state index contributed by atoms with van der Waals surface area (Å²) in [5.74, 6) is -9.93. The average Bonchev–Trinajstić information content (AvgIpc) is 3.75. The lowest BCUT2D eigenvalue weighted by Crippen LogP contribution is -2.61. The number of carbonyl (C=O) groups excluding carboxylic acids is 7. The van der Waals surface area contributed by atoms with E-state index in [1.54, 1.807) is 27.7 Å². The van der Waals surface area contributed by atoms with E-state index >= 15 is 0 Å². The van der Waals surface area contributed by atoms with Crippen molar-refractivity contribution < 1.29 is 63.6 Å². The molecule has 1 aromatic heterocycles. The molecule has 0 aromatic carbocycles. The van der Waals surface area contributed by atoms with E-state index in [0.717, 1.165) is 0 Å². The molecule has 384 valence electrons.